The van der Waals surface area contributed by atoms with Crippen LogP contribution >= 0.6 is 11.8 Å². The Morgan fingerprint density at radius 3 is 2.59 bits per heavy atom. The predicted molar refractivity (Wildman–Crippen MR) is 76.6 cm³/mol. The van der Waals surface area contributed by atoms with E-state index < -0.39 is 0 Å². The van der Waals surface area contributed by atoms with Gasteiger partial charge in [-0.15, -0.1) is 0 Å². The fourth-order valence-electron chi connectivity index (χ4n) is 2.30. The summed E-state index contributed by atoms with van der Waals surface area (Å²) in [5, 5.41) is 9.77. The lowest BCUT2D eigenvalue weighted by Crippen LogP contribution is -2.39. The zero-order chi connectivity index (χ0) is 12.7. The van der Waals surface area contributed by atoms with Crippen LogP contribution in [0.25, 0.3) is 0 Å². The molecule has 3 heteroatoms. The van der Waals surface area contributed by atoms with Crippen LogP contribution in [0.2, 0.25) is 0 Å². The van der Waals surface area contributed by atoms with Crippen molar-refractivity contribution in [2.75, 3.05) is 25.2 Å². The molecule has 1 aromatic rings. The molecular formula is C14H23NOS. The molecule has 1 atom stereocenters. The summed E-state index contributed by atoms with van der Waals surface area (Å²) in [5.74, 6) is 1.12. The quantitative estimate of drug-likeness (QED) is 0.733. The summed E-state index contributed by atoms with van der Waals surface area (Å²) in [6, 6.07) is 8.23. The molecule has 0 saturated heterocycles. The molecule has 0 amide bonds. The average Bonchev–Trinajstić information content (AvgIpc) is 2.36. The maximum Gasteiger partial charge on any atom is 0.0540 e. The molecule has 0 aliphatic carbocycles. The van der Waals surface area contributed by atoms with Crippen molar-refractivity contribution < 1.29 is 5.11 Å². The van der Waals surface area contributed by atoms with Crippen LogP contribution in [0, 0.1) is 6.92 Å². The van der Waals surface area contributed by atoms with E-state index in [4.69, 9.17) is 5.73 Å². The Bertz CT molecular complexity index is 337. The van der Waals surface area contributed by atoms with Gasteiger partial charge in [-0.2, -0.15) is 11.8 Å². The number of benzene rings is 1. The standard InChI is InChI=1S/C14H23NOS/c1-12-6-3-4-7-13(12)14(10-15,11-16)8-5-9-17-2/h3-4,6-7,16H,5,8-11,15H2,1-2H3. The highest BCUT2D eigenvalue weighted by Crippen LogP contribution is 2.31. The van der Waals surface area contributed by atoms with Gasteiger partial charge in [0.05, 0.1) is 6.61 Å². The van der Waals surface area contributed by atoms with Gasteiger partial charge in [0, 0.05) is 12.0 Å². The van der Waals surface area contributed by atoms with Gasteiger partial charge in [0.15, 0.2) is 0 Å². The summed E-state index contributed by atoms with van der Waals surface area (Å²) in [6.45, 7) is 2.72. The number of hydrogen-bond donors (Lipinski definition) is 2. The van der Waals surface area contributed by atoms with Crippen molar-refractivity contribution >= 4 is 11.8 Å². The Balaban J connectivity index is 2.94. The minimum atomic E-state index is -0.263. The average molecular weight is 253 g/mol. The molecule has 0 heterocycles. The summed E-state index contributed by atoms with van der Waals surface area (Å²) < 4.78 is 0. The first-order valence-electron chi connectivity index (χ1n) is 6.06. The van der Waals surface area contributed by atoms with E-state index in [1.807, 2.05) is 23.9 Å². The second-order valence-corrected chi connectivity index (χ2v) is 5.54. The van der Waals surface area contributed by atoms with Crippen LogP contribution in [-0.4, -0.2) is 30.3 Å². The molecule has 0 bridgehead atoms. The van der Waals surface area contributed by atoms with Gasteiger partial charge in [-0.1, -0.05) is 24.3 Å². The monoisotopic (exact) mass is 253 g/mol. The molecule has 1 unspecified atom stereocenters. The summed E-state index contributed by atoms with van der Waals surface area (Å²) in [7, 11) is 0. The molecule has 0 saturated carbocycles. The summed E-state index contributed by atoms with van der Waals surface area (Å²) in [5.41, 5.74) is 8.09. The number of aliphatic hydroxyl groups is 1. The maximum atomic E-state index is 9.77. The molecule has 3 N–H and O–H groups in total. The van der Waals surface area contributed by atoms with Crippen LogP contribution in [0.4, 0.5) is 0 Å². The first-order chi connectivity index (χ1) is 8.20. The van der Waals surface area contributed by atoms with Crippen LogP contribution in [0.15, 0.2) is 24.3 Å². The minimum Gasteiger partial charge on any atom is -0.395 e. The second-order valence-electron chi connectivity index (χ2n) is 4.55. The molecule has 0 radical (unpaired) electrons. The predicted octanol–water partition coefficient (Wildman–Crippen LogP) is 2.33. The molecule has 0 aromatic heterocycles. The number of rotatable bonds is 7. The third kappa shape index (κ3) is 3.47. The molecular weight excluding hydrogens is 230 g/mol. The van der Waals surface area contributed by atoms with Gasteiger partial charge >= 0.3 is 0 Å². The normalized spacial score (nSPS) is 14.6. The molecule has 1 aromatic carbocycles. The highest BCUT2D eigenvalue weighted by atomic mass is 32.2. The van der Waals surface area contributed by atoms with Crippen LogP contribution in [0.1, 0.15) is 24.0 Å². The highest BCUT2D eigenvalue weighted by Gasteiger charge is 2.30. The van der Waals surface area contributed by atoms with Crippen LogP contribution < -0.4 is 5.73 Å². The zero-order valence-corrected chi connectivity index (χ0v) is 11.6. The minimum absolute atomic E-state index is 0.128. The number of aryl methyl sites for hydroxylation is 1. The smallest absolute Gasteiger partial charge is 0.0540 e. The number of aliphatic hydroxyl groups excluding tert-OH is 1. The largest absolute Gasteiger partial charge is 0.395 e. The SMILES string of the molecule is CSCCCC(CN)(CO)c1ccccc1C. The Labute approximate surface area is 109 Å². The van der Waals surface area contributed by atoms with Crippen molar-refractivity contribution in [3.8, 4) is 0 Å². The first-order valence-corrected chi connectivity index (χ1v) is 7.45. The summed E-state index contributed by atoms with van der Waals surface area (Å²) >= 11 is 1.84. The van der Waals surface area contributed by atoms with Crippen LogP contribution in [0.3, 0.4) is 0 Å². The first kappa shape index (κ1) is 14.6. The van der Waals surface area contributed by atoms with Crippen molar-refractivity contribution in [3.63, 3.8) is 0 Å². The van der Waals surface area contributed by atoms with Crippen molar-refractivity contribution in [3.05, 3.63) is 35.4 Å². The van der Waals surface area contributed by atoms with Gasteiger partial charge in [0.25, 0.3) is 0 Å². The van der Waals surface area contributed by atoms with Crippen molar-refractivity contribution in [1.29, 1.82) is 0 Å². The van der Waals surface area contributed by atoms with E-state index >= 15 is 0 Å². The van der Waals surface area contributed by atoms with E-state index in [-0.39, 0.29) is 12.0 Å². The molecule has 17 heavy (non-hydrogen) atoms. The van der Waals surface area contributed by atoms with Gasteiger partial charge in [-0.05, 0) is 42.9 Å². The molecule has 1 rings (SSSR count). The Morgan fingerprint density at radius 1 is 1.35 bits per heavy atom. The Hall–Kier alpha value is -0.510. The van der Waals surface area contributed by atoms with Gasteiger partial charge in [-0.25, -0.2) is 0 Å². The molecule has 0 aliphatic rings. The molecule has 0 spiro atoms. The zero-order valence-electron chi connectivity index (χ0n) is 10.8. The lowest BCUT2D eigenvalue weighted by molar-refractivity contribution is 0.187. The molecule has 0 fully saturated rings. The fourth-order valence-corrected chi connectivity index (χ4v) is 2.73. The Morgan fingerprint density at radius 2 is 2.06 bits per heavy atom. The maximum absolute atomic E-state index is 9.77. The number of nitrogens with two attached hydrogens (primary N) is 1. The summed E-state index contributed by atoms with van der Waals surface area (Å²) in [4.78, 5) is 0. The van der Waals surface area contributed by atoms with Crippen molar-refractivity contribution in [1.82, 2.24) is 0 Å². The van der Waals surface area contributed by atoms with E-state index in [1.165, 1.54) is 11.1 Å². The van der Waals surface area contributed by atoms with Gasteiger partial charge < -0.3 is 10.8 Å². The third-order valence-corrected chi connectivity index (χ3v) is 4.11. The van der Waals surface area contributed by atoms with E-state index in [0.29, 0.717) is 6.54 Å². The van der Waals surface area contributed by atoms with E-state index in [2.05, 4.69) is 25.3 Å². The lowest BCUT2D eigenvalue weighted by atomic mass is 9.75. The number of hydrogen-bond acceptors (Lipinski definition) is 3. The van der Waals surface area contributed by atoms with E-state index in [0.717, 1.165) is 18.6 Å². The third-order valence-electron chi connectivity index (χ3n) is 3.41. The van der Waals surface area contributed by atoms with Crippen molar-refractivity contribution in [2.45, 2.75) is 25.2 Å². The molecule has 96 valence electrons. The van der Waals surface area contributed by atoms with Crippen LogP contribution in [-0.2, 0) is 5.41 Å². The number of thioether (sulfide) groups is 1. The Kier molecular flexibility index (Phi) is 6.03. The van der Waals surface area contributed by atoms with Crippen molar-refractivity contribution in [2.24, 2.45) is 5.73 Å². The van der Waals surface area contributed by atoms with Crippen LogP contribution in [0.5, 0.6) is 0 Å². The second kappa shape index (κ2) is 7.04. The topological polar surface area (TPSA) is 46.2 Å². The van der Waals surface area contributed by atoms with E-state index in [1.54, 1.807) is 0 Å². The molecule has 0 aliphatic heterocycles. The highest BCUT2D eigenvalue weighted by molar-refractivity contribution is 7.98. The summed E-state index contributed by atoms with van der Waals surface area (Å²) in [6.07, 6.45) is 4.15. The van der Waals surface area contributed by atoms with Gasteiger partial charge in [-0.3, -0.25) is 0 Å². The lowest BCUT2D eigenvalue weighted by Gasteiger charge is -2.32. The fraction of sp³-hybridized carbons (Fsp3) is 0.571. The van der Waals surface area contributed by atoms with Gasteiger partial charge in [0.2, 0.25) is 0 Å². The van der Waals surface area contributed by atoms with E-state index in [9.17, 15) is 5.11 Å². The van der Waals surface area contributed by atoms with Gasteiger partial charge in [0.1, 0.15) is 0 Å². The molecule has 2 nitrogen and oxygen atoms in total.